The molecule has 20 heavy (non-hydrogen) atoms. The molecule has 1 aromatic carbocycles. The SMILES string of the molecule is CNCc1ccc(-c2cc(C(C)(C)C)ccc2C)nn1. The van der Waals surface area contributed by atoms with E-state index in [2.05, 4.69) is 67.5 Å². The molecule has 0 amide bonds. The number of aromatic nitrogens is 2. The Morgan fingerprint density at radius 3 is 2.35 bits per heavy atom. The number of hydrogen-bond acceptors (Lipinski definition) is 3. The van der Waals surface area contributed by atoms with Crippen molar-refractivity contribution in [2.24, 2.45) is 0 Å². The smallest absolute Gasteiger partial charge is 0.0932 e. The molecule has 0 aliphatic rings. The van der Waals surface area contributed by atoms with E-state index in [9.17, 15) is 0 Å². The van der Waals surface area contributed by atoms with Gasteiger partial charge in [0, 0.05) is 12.1 Å². The maximum atomic E-state index is 4.36. The minimum Gasteiger partial charge on any atom is -0.314 e. The van der Waals surface area contributed by atoms with E-state index in [0.717, 1.165) is 17.9 Å². The van der Waals surface area contributed by atoms with Crippen LogP contribution >= 0.6 is 0 Å². The summed E-state index contributed by atoms with van der Waals surface area (Å²) in [7, 11) is 1.91. The van der Waals surface area contributed by atoms with Crippen molar-refractivity contribution in [1.82, 2.24) is 15.5 Å². The van der Waals surface area contributed by atoms with Crippen molar-refractivity contribution >= 4 is 0 Å². The van der Waals surface area contributed by atoms with Gasteiger partial charge in [-0.15, -0.1) is 0 Å². The van der Waals surface area contributed by atoms with Gasteiger partial charge in [-0.25, -0.2) is 0 Å². The van der Waals surface area contributed by atoms with Crippen molar-refractivity contribution < 1.29 is 0 Å². The average molecular weight is 269 g/mol. The van der Waals surface area contributed by atoms with Crippen LogP contribution in [-0.2, 0) is 12.0 Å². The highest BCUT2D eigenvalue weighted by Crippen LogP contribution is 2.29. The van der Waals surface area contributed by atoms with Gasteiger partial charge in [0.05, 0.1) is 11.4 Å². The second-order valence-electron chi connectivity index (χ2n) is 6.22. The summed E-state index contributed by atoms with van der Waals surface area (Å²) < 4.78 is 0. The van der Waals surface area contributed by atoms with Crippen LogP contribution in [0.15, 0.2) is 30.3 Å². The van der Waals surface area contributed by atoms with E-state index in [4.69, 9.17) is 0 Å². The first kappa shape index (κ1) is 14.7. The fraction of sp³-hybridized carbons (Fsp3) is 0.412. The molecule has 2 rings (SSSR count). The molecule has 3 nitrogen and oxygen atoms in total. The fourth-order valence-electron chi connectivity index (χ4n) is 2.14. The molecule has 0 fully saturated rings. The molecule has 0 aliphatic carbocycles. The molecule has 106 valence electrons. The summed E-state index contributed by atoms with van der Waals surface area (Å²) in [5.41, 5.74) is 5.75. The van der Waals surface area contributed by atoms with E-state index in [0.29, 0.717) is 0 Å². The number of aryl methyl sites for hydroxylation is 1. The van der Waals surface area contributed by atoms with E-state index in [1.807, 2.05) is 13.1 Å². The van der Waals surface area contributed by atoms with Crippen molar-refractivity contribution in [2.45, 2.75) is 39.7 Å². The van der Waals surface area contributed by atoms with Gasteiger partial charge in [0.25, 0.3) is 0 Å². The van der Waals surface area contributed by atoms with Gasteiger partial charge < -0.3 is 5.32 Å². The summed E-state index contributed by atoms with van der Waals surface area (Å²) in [6.45, 7) is 9.54. The van der Waals surface area contributed by atoms with Gasteiger partial charge in [0.15, 0.2) is 0 Å². The first-order valence-electron chi connectivity index (χ1n) is 7.00. The van der Waals surface area contributed by atoms with Gasteiger partial charge in [0.1, 0.15) is 0 Å². The molecule has 0 aliphatic heterocycles. The summed E-state index contributed by atoms with van der Waals surface area (Å²) in [5.74, 6) is 0. The van der Waals surface area contributed by atoms with Crippen LogP contribution in [0.5, 0.6) is 0 Å². The third-order valence-electron chi connectivity index (χ3n) is 3.46. The Bertz CT molecular complexity index is 580. The summed E-state index contributed by atoms with van der Waals surface area (Å²) in [4.78, 5) is 0. The molecule has 0 spiro atoms. The molecule has 0 bridgehead atoms. The minimum atomic E-state index is 0.141. The molecular weight excluding hydrogens is 246 g/mol. The highest BCUT2D eigenvalue weighted by atomic mass is 15.1. The highest BCUT2D eigenvalue weighted by Gasteiger charge is 2.15. The lowest BCUT2D eigenvalue weighted by atomic mass is 9.85. The van der Waals surface area contributed by atoms with E-state index in [1.54, 1.807) is 0 Å². The van der Waals surface area contributed by atoms with E-state index in [1.165, 1.54) is 16.7 Å². The molecule has 0 saturated carbocycles. The van der Waals surface area contributed by atoms with E-state index in [-0.39, 0.29) is 5.41 Å². The van der Waals surface area contributed by atoms with E-state index >= 15 is 0 Å². The second kappa shape index (κ2) is 5.71. The van der Waals surface area contributed by atoms with Gasteiger partial charge in [-0.2, -0.15) is 10.2 Å². The van der Waals surface area contributed by atoms with Crippen LogP contribution in [0, 0.1) is 6.92 Å². The van der Waals surface area contributed by atoms with Crippen LogP contribution in [0.1, 0.15) is 37.6 Å². The first-order valence-corrected chi connectivity index (χ1v) is 7.00. The molecule has 0 radical (unpaired) electrons. The van der Waals surface area contributed by atoms with Gasteiger partial charge in [-0.1, -0.05) is 32.9 Å². The Balaban J connectivity index is 2.41. The Kier molecular flexibility index (Phi) is 4.19. The molecule has 1 heterocycles. The predicted octanol–water partition coefficient (Wildman–Crippen LogP) is 3.47. The largest absolute Gasteiger partial charge is 0.314 e. The predicted molar refractivity (Wildman–Crippen MR) is 83.7 cm³/mol. The Hall–Kier alpha value is -1.74. The van der Waals surface area contributed by atoms with Crippen molar-refractivity contribution in [2.75, 3.05) is 7.05 Å². The zero-order valence-electron chi connectivity index (χ0n) is 13.0. The maximum absolute atomic E-state index is 4.36. The lowest BCUT2D eigenvalue weighted by Crippen LogP contribution is -2.11. The highest BCUT2D eigenvalue weighted by molar-refractivity contribution is 5.64. The third kappa shape index (κ3) is 3.23. The lowest BCUT2D eigenvalue weighted by molar-refractivity contribution is 0.590. The Morgan fingerprint density at radius 2 is 1.80 bits per heavy atom. The van der Waals surface area contributed by atoms with Crippen molar-refractivity contribution in [3.63, 3.8) is 0 Å². The van der Waals surface area contributed by atoms with Gasteiger partial charge in [0.2, 0.25) is 0 Å². The second-order valence-corrected chi connectivity index (χ2v) is 6.22. The Morgan fingerprint density at radius 1 is 1.05 bits per heavy atom. The number of nitrogens with zero attached hydrogens (tertiary/aromatic N) is 2. The van der Waals surface area contributed by atoms with Crippen LogP contribution in [0.3, 0.4) is 0 Å². The van der Waals surface area contributed by atoms with Crippen molar-refractivity contribution in [3.8, 4) is 11.3 Å². The molecule has 0 unspecified atom stereocenters. The maximum Gasteiger partial charge on any atom is 0.0932 e. The number of nitrogens with one attached hydrogen (secondary N) is 1. The number of hydrogen-bond donors (Lipinski definition) is 1. The van der Waals surface area contributed by atoms with Crippen LogP contribution in [-0.4, -0.2) is 17.2 Å². The molecule has 1 N–H and O–H groups in total. The molecule has 0 saturated heterocycles. The van der Waals surface area contributed by atoms with Crippen LogP contribution < -0.4 is 5.32 Å². The van der Waals surface area contributed by atoms with Crippen LogP contribution in [0.25, 0.3) is 11.3 Å². The Labute approximate surface area is 121 Å². The van der Waals surface area contributed by atoms with Crippen molar-refractivity contribution in [3.05, 3.63) is 47.2 Å². The van der Waals surface area contributed by atoms with Crippen LogP contribution in [0.2, 0.25) is 0 Å². The quantitative estimate of drug-likeness (QED) is 0.927. The number of benzene rings is 1. The average Bonchev–Trinajstić information content (AvgIpc) is 2.39. The molecule has 0 atom stereocenters. The summed E-state index contributed by atoms with van der Waals surface area (Å²) in [6.07, 6.45) is 0. The van der Waals surface area contributed by atoms with Gasteiger partial charge >= 0.3 is 0 Å². The molecule has 1 aromatic heterocycles. The van der Waals surface area contributed by atoms with Gasteiger partial charge in [-0.05, 0) is 48.7 Å². The zero-order chi connectivity index (χ0) is 14.8. The molecule has 2 aromatic rings. The lowest BCUT2D eigenvalue weighted by Gasteiger charge is -2.20. The topological polar surface area (TPSA) is 37.8 Å². The minimum absolute atomic E-state index is 0.141. The number of rotatable bonds is 3. The monoisotopic (exact) mass is 269 g/mol. The van der Waals surface area contributed by atoms with Gasteiger partial charge in [-0.3, -0.25) is 0 Å². The molecule has 3 heteroatoms. The van der Waals surface area contributed by atoms with E-state index < -0.39 is 0 Å². The summed E-state index contributed by atoms with van der Waals surface area (Å²) in [5, 5.41) is 11.7. The van der Waals surface area contributed by atoms with Crippen molar-refractivity contribution in [1.29, 1.82) is 0 Å². The molecular formula is C17H23N3. The first-order chi connectivity index (χ1) is 9.41. The zero-order valence-corrected chi connectivity index (χ0v) is 13.0. The standard InChI is InChI=1S/C17H23N3/c1-12-6-7-13(17(2,3)4)10-15(12)16-9-8-14(11-18-5)19-20-16/h6-10,18H,11H2,1-5H3. The third-order valence-corrected chi connectivity index (χ3v) is 3.46. The summed E-state index contributed by atoms with van der Waals surface area (Å²) >= 11 is 0. The fourth-order valence-corrected chi connectivity index (χ4v) is 2.14. The normalized spacial score (nSPS) is 11.7. The van der Waals surface area contributed by atoms with Crippen LogP contribution in [0.4, 0.5) is 0 Å². The summed E-state index contributed by atoms with van der Waals surface area (Å²) in [6, 6.07) is 10.7.